The highest BCUT2D eigenvalue weighted by Crippen LogP contribution is 2.20. The normalized spacial score (nSPS) is 11.0. The van der Waals surface area contributed by atoms with E-state index in [9.17, 15) is 9.59 Å². The highest BCUT2D eigenvalue weighted by Gasteiger charge is 2.22. The number of hydrogen-bond donors (Lipinski definition) is 1. The lowest BCUT2D eigenvalue weighted by Gasteiger charge is -2.07. The second-order valence-electron chi connectivity index (χ2n) is 6.27. The van der Waals surface area contributed by atoms with Crippen molar-refractivity contribution in [2.45, 2.75) is 19.0 Å². The molecule has 0 spiro atoms. The van der Waals surface area contributed by atoms with Crippen molar-refractivity contribution in [3.05, 3.63) is 52.2 Å². The highest BCUT2D eigenvalue weighted by molar-refractivity contribution is 7.99. The third kappa shape index (κ3) is 3.61. The summed E-state index contributed by atoms with van der Waals surface area (Å²) in [5.74, 6) is 0.0291. The molecule has 0 unspecified atom stereocenters. The fourth-order valence-electron chi connectivity index (χ4n) is 2.84. The van der Waals surface area contributed by atoms with Crippen LogP contribution in [0.3, 0.4) is 0 Å². The Hall–Kier alpha value is -3.74. The van der Waals surface area contributed by atoms with E-state index in [0.29, 0.717) is 22.4 Å². The summed E-state index contributed by atoms with van der Waals surface area (Å²) >= 11 is 1.08. The van der Waals surface area contributed by atoms with Crippen molar-refractivity contribution >= 4 is 23.7 Å². The summed E-state index contributed by atoms with van der Waals surface area (Å²) in [6.07, 6.45) is 0. The predicted octanol–water partition coefficient (Wildman–Crippen LogP) is 0.882. The maximum Gasteiger partial charge on any atom is 0.328 e. The first-order valence-corrected chi connectivity index (χ1v) is 9.80. The van der Waals surface area contributed by atoms with Crippen LogP contribution in [0.2, 0.25) is 0 Å². The third-order valence-electron chi connectivity index (χ3n) is 4.28. The van der Waals surface area contributed by atoms with E-state index in [1.165, 1.54) is 9.36 Å². The second-order valence-corrected chi connectivity index (χ2v) is 7.21. The van der Waals surface area contributed by atoms with Crippen molar-refractivity contribution < 1.29 is 9.32 Å². The van der Waals surface area contributed by atoms with Crippen LogP contribution in [0, 0.1) is 13.8 Å². The molecule has 12 nitrogen and oxygen atoms in total. The number of carbonyl (C=O) groups is 1. The summed E-state index contributed by atoms with van der Waals surface area (Å²) in [5.41, 5.74) is 1.42. The lowest BCUT2D eigenvalue weighted by atomic mass is 10.3. The Labute approximate surface area is 173 Å². The van der Waals surface area contributed by atoms with Gasteiger partial charge in [-0.3, -0.25) is 19.6 Å². The van der Waals surface area contributed by atoms with Crippen molar-refractivity contribution in [1.82, 2.24) is 39.7 Å². The number of amides is 1. The van der Waals surface area contributed by atoms with Gasteiger partial charge in [0.05, 0.1) is 17.1 Å². The number of rotatable bonds is 6. The van der Waals surface area contributed by atoms with Crippen molar-refractivity contribution in [1.29, 1.82) is 0 Å². The van der Waals surface area contributed by atoms with Gasteiger partial charge in [-0.15, -0.1) is 5.10 Å². The molecule has 154 valence electrons. The average molecular weight is 427 g/mol. The quantitative estimate of drug-likeness (QED) is 0.444. The van der Waals surface area contributed by atoms with E-state index in [2.05, 4.69) is 31.0 Å². The van der Waals surface area contributed by atoms with Crippen LogP contribution in [0.15, 0.2) is 44.8 Å². The zero-order valence-electron chi connectivity index (χ0n) is 16.3. The maximum absolute atomic E-state index is 13.2. The minimum atomic E-state index is -0.371. The molecule has 0 aliphatic carbocycles. The molecule has 0 atom stereocenters. The first-order chi connectivity index (χ1) is 14.5. The van der Waals surface area contributed by atoms with E-state index in [1.54, 1.807) is 25.6 Å². The zero-order chi connectivity index (χ0) is 21.3. The summed E-state index contributed by atoms with van der Waals surface area (Å²) < 4.78 is 9.46. The predicted molar refractivity (Wildman–Crippen MR) is 107 cm³/mol. The van der Waals surface area contributed by atoms with E-state index in [-0.39, 0.29) is 23.2 Å². The van der Waals surface area contributed by atoms with Crippen LogP contribution in [0.4, 0.5) is 6.01 Å². The molecule has 30 heavy (non-hydrogen) atoms. The standard InChI is InChI=1S/C17H17N9O3S/c1-10-14(15(28)26(24(10)3)12-7-5-4-6-8-12)25-17(20-22-23-25)30-9-13(27)19-16-18-11(2)21-29-16/h4-8H,9H2,1-3H3,(H,18,19,21,27). The third-order valence-corrected chi connectivity index (χ3v) is 5.20. The number of benzene rings is 1. The van der Waals surface area contributed by atoms with Crippen molar-refractivity contribution in [3.63, 3.8) is 0 Å². The zero-order valence-corrected chi connectivity index (χ0v) is 17.1. The molecule has 1 aromatic carbocycles. The monoisotopic (exact) mass is 427 g/mol. The Bertz CT molecular complexity index is 1260. The van der Waals surface area contributed by atoms with Crippen LogP contribution in [0.1, 0.15) is 11.5 Å². The molecular formula is C17H17N9O3S. The van der Waals surface area contributed by atoms with Crippen LogP contribution in [0.25, 0.3) is 11.4 Å². The number of aromatic nitrogens is 8. The van der Waals surface area contributed by atoms with Gasteiger partial charge in [0, 0.05) is 7.05 Å². The van der Waals surface area contributed by atoms with Gasteiger partial charge in [-0.2, -0.15) is 9.67 Å². The van der Waals surface area contributed by atoms with Gasteiger partial charge in [-0.1, -0.05) is 35.1 Å². The van der Waals surface area contributed by atoms with E-state index >= 15 is 0 Å². The average Bonchev–Trinajstić information content (AvgIpc) is 3.41. The van der Waals surface area contributed by atoms with E-state index in [0.717, 1.165) is 17.4 Å². The Kier molecular flexibility index (Phi) is 5.18. The van der Waals surface area contributed by atoms with Crippen LogP contribution in [0.5, 0.6) is 0 Å². The number of thioether (sulfide) groups is 1. The summed E-state index contributed by atoms with van der Waals surface area (Å²) in [6.45, 7) is 3.45. The number of anilines is 1. The van der Waals surface area contributed by atoms with E-state index < -0.39 is 0 Å². The minimum Gasteiger partial charge on any atom is -0.315 e. The van der Waals surface area contributed by atoms with Gasteiger partial charge < -0.3 is 4.52 Å². The van der Waals surface area contributed by atoms with Gasteiger partial charge in [-0.25, -0.2) is 4.68 Å². The largest absolute Gasteiger partial charge is 0.328 e. The highest BCUT2D eigenvalue weighted by atomic mass is 32.2. The molecule has 0 aliphatic heterocycles. The van der Waals surface area contributed by atoms with Gasteiger partial charge in [0.1, 0.15) is 0 Å². The number of nitrogens with zero attached hydrogens (tertiary/aromatic N) is 8. The lowest BCUT2D eigenvalue weighted by Crippen LogP contribution is -2.22. The maximum atomic E-state index is 13.2. The Balaban J connectivity index is 1.59. The molecule has 3 aromatic heterocycles. The lowest BCUT2D eigenvalue weighted by molar-refractivity contribution is -0.114. The molecule has 3 heterocycles. The van der Waals surface area contributed by atoms with Crippen molar-refractivity contribution in [3.8, 4) is 11.4 Å². The van der Waals surface area contributed by atoms with Gasteiger partial charge in [0.25, 0.3) is 5.56 Å². The second kappa shape index (κ2) is 7.94. The Morgan fingerprint density at radius 3 is 2.70 bits per heavy atom. The SMILES string of the molecule is Cc1noc(NC(=O)CSc2nnnn2-c2c(C)n(C)n(-c3ccccc3)c2=O)n1. The molecule has 13 heteroatoms. The Morgan fingerprint density at radius 2 is 2.00 bits per heavy atom. The van der Waals surface area contributed by atoms with Gasteiger partial charge in [-0.05, 0) is 36.4 Å². The molecule has 1 N–H and O–H groups in total. The van der Waals surface area contributed by atoms with Crippen LogP contribution < -0.4 is 10.9 Å². The Morgan fingerprint density at radius 1 is 1.23 bits per heavy atom. The molecule has 0 saturated carbocycles. The number of para-hydroxylation sites is 1. The number of nitrogens with one attached hydrogen (secondary N) is 1. The van der Waals surface area contributed by atoms with Crippen molar-refractivity contribution in [2.75, 3.05) is 11.1 Å². The number of tetrazole rings is 1. The number of aryl methyl sites for hydroxylation is 1. The van der Waals surface area contributed by atoms with E-state index in [1.807, 2.05) is 30.3 Å². The molecule has 0 radical (unpaired) electrons. The molecule has 0 aliphatic rings. The van der Waals surface area contributed by atoms with Gasteiger partial charge in [0.2, 0.25) is 11.1 Å². The molecule has 0 bridgehead atoms. The minimum absolute atomic E-state index is 0.0133. The first-order valence-electron chi connectivity index (χ1n) is 8.81. The summed E-state index contributed by atoms with van der Waals surface area (Å²) in [7, 11) is 1.78. The van der Waals surface area contributed by atoms with Crippen LogP contribution in [-0.4, -0.2) is 51.4 Å². The fraction of sp³-hybridized carbons (Fsp3) is 0.235. The number of hydrogen-bond acceptors (Lipinski definition) is 9. The van der Waals surface area contributed by atoms with Crippen LogP contribution >= 0.6 is 11.8 Å². The molecule has 1 amide bonds. The molecular weight excluding hydrogens is 410 g/mol. The number of carbonyl (C=O) groups excluding carboxylic acids is 1. The molecule has 4 aromatic rings. The molecule has 4 rings (SSSR count). The molecule has 0 saturated heterocycles. The topological polar surface area (TPSA) is 139 Å². The fourth-order valence-corrected chi connectivity index (χ4v) is 3.52. The van der Waals surface area contributed by atoms with Gasteiger partial charge >= 0.3 is 6.01 Å². The summed E-state index contributed by atoms with van der Waals surface area (Å²) in [4.78, 5) is 29.2. The van der Waals surface area contributed by atoms with E-state index in [4.69, 9.17) is 4.52 Å². The molecule has 0 fully saturated rings. The van der Waals surface area contributed by atoms with Crippen molar-refractivity contribution in [2.24, 2.45) is 7.05 Å². The summed E-state index contributed by atoms with van der Waals surface area (Å²) in [5, 5.41) is 18.0. The van der Waals surface area contributed by atoms with Gasteiger partial charge in [0.15, 0.2) is 11.5 Å². The summed E-state index contributed by atoms with van der Waals surface area (Å²) in [6, 6.07) is 9.27. The first kappa shape index (κ1) is 19.6. The van der Waals surface area contributed by atoms with Crippen LogP contribution in [-0.2, 0) is 11.8 Å². The smallest absolute Gasteiger partial charge is 0.315 e.